The maximum atomic E-state index is 13.7. The smallest absolute Gasteiger partial charge is 0.262 e. The Morgan fingerprint density at radius 2 is 1.66 bits per heavy atom. The number of nitrogens with one attached hydrogen (secondary N) is 1. The van der Waals surface area contributed by atoms with Crippen molar-refractivity contribution < 1.29 is 22.8 Å². The standard InChI is InChI=1S/C19H18F3N3O2.C2H6/c1-25-7-5-11(6-8-25)18(26)15-3-2-4-16(23-15)24-19(27)17-13(21)9-12(20)10-14(17)22;1-2/h2-4,9-11H,5-8H2,1H3,(H,23,24,27);1-2H3. The van der Waals surface area contributed by atoms with Crippen LogP contribution in [0.5, 0.6) is 0 Å². The molecule has 1 aromatic heterocycles. The summed E-state index contributed by atoms with van der Waals surface area (Å²) in [5.41, 5.74) is -0.729. The molecule has 0 saturated carbocycles. The molecule has 5 nitrogen and oxygen atoms in total. The van der Waals surface area contributed by atoms with E-state index < -0.39 is 28.9 Å². The zero-order chi connectivity index (χ0) is 21.6. The summed E-state index contributed by atoms with van der Waals surface area (Å²) >= 11 is 0. The molecule has 1 aliphatic rings. The van der Waals surface area contributed by atoms with Gasteiger partial charge in [0.25, 0.3) is 5.91 Å². The highest BCUT2D eigenvalue weighted by Gasteiger charge is 2.26. The van der Waals surface area contributed by atoms with Gasteiger partial charge in [0.2, 0.25) is 0 Å². The highest BCUT2D eigenvalue weighted by Crippen LogP contribution is 2.21. The number of hydrogen-bond donors (Lipinski definition) is 1. The minimum atomic E-state index is -1.32. The summed E-state index contributed by atoms with van der Waals surface area (Å²) in [6.45, 7) is 5.63. The highest BCUT2D eigenvalue weighted by molar-refractivity contribution is 6.04. The fourth-order valence-electron chi connectivity index (χ4n) is 3.06. The summed E-state index contributed by atoms with van der Waals surface area (Å²) in [4.78, 5) is 31.0. The summed E-state index contributed by atoms with van der Waals surface area (Å²) in [7, 11) is 1.99. The molecule has 0 bridgehead atoms. The van der Waals surface area contributed by atoms with Crippen molar-refractivity contribution in [3.8, 4) is 0 Å². The zero-order valence-corrected chi connectivity index (χ0v) is 16.6. The van der Waals surface area contributed by atoms with Crippen molar-refractivity contribution in [1.82, 2.24) is 9.88 Å². The van der Waals surface area contributed by atoms with E-state index >= 15 is 0 Å². The number of halogens is 3. The maximum Gasteiger partial charge on any atom is 0.262 e. The van der Waals surface area contributed by atoms with Gasteiger partial charge in [0.1, 0.15) is 34.5 Å². The molecule has 29 heavy (non-hydrogen) atoms. The Labute approximate surface area is 167 Å². The Kier molecular flexibility index (Phi) is 7.90. The van der Waals surface area contributed by atoms with Gasteiger partial charge in [0.15, 0.2) is 5.78 Å². The number of anilines is 1. The van der Waals surface area contributed by atoms with E-state index in [9.17, 15) is 22.8 Å². The predicted molar refractivity (Wildman–Crippen MR) is 104 cm³/mol. The molecule has 0 aliphatic carbocycles. The molecule has 1 N–H and O–H groups in total. The van der Waals surface area contributed by atoms with E-state index in [1.54, 1.807) is 0 Å². The summed E-state index contributed by atoms with van der Waals surface area (Å²) in [5, 5.41) is 2.25. The number of rotatable bonds is 4. The van der Waals surface area contributed by atoms with Crippen LogP contribution in [-0.4, -0.2) is 41.7 Å². The van der Waals surface area contributed by atoms with Crippen LogP contribution in [0, 0.1) is 23.4 Å². The number of nitrogens with zero attached hydrogens (tertiary/aromatic N) is 2. The lowest BCUT2D eigenvalue weighted by molar-refractivity contribution is 0.0851. The third-order valence-electron chi connectivity index (χ3n) is 4.57. The molecule has 1 saturated heterocycles. The predicted octanol–water partition coefficient (Wildman–Crippen LogP) is 4.30. The third kappa shape index (κ3) is 5.63. The van der Waals surface area contributed by atoms with Gasteiger partial charge in [-0.25, -0.2) is 18.2 Å². The van der Waals surface area contributed by atoms with Crippen LogP contribution < -0.4 is 5.32 Å². The van der Waals surface area contributed by atoms with Crippen molar-refractivity contribution in [1.29, 1.82) is 0 Å². The number of pyridine rings is 1. The van der Waals surface area contributed by atoms with Crippen molar-refractivity contribution in [3.63, 3.8) is 0 Å². The molecule has 3 rings (SSSR count). The molecular formula is C21H24F3N3O2. The summed E-state index contributed by atoms with van der Waals surface area (Å²) in [5.74, 6) is -5.15. The average molecular weight is 407 g/mol. The number of benzene rings is 1. The van der Waals surface area contributed by atoms with Crippen molar-refractivity contribution in [2.75, 3.05) is 25.5 Å². The number of hydrogen-bond acceptors (Lipinski definition) is 4. The topological polar surface area (TPSA) is 62.3 Å². The van der Waals surface area contributed by atoms with Crippen LogP contribution in [-0.2, 0) is 0 Å². The van der Waals surface area contributed by atoms with E-state index in [1.165, 1.54) is 18.2 Å². The van der Waals surface area contributed by atoms with E-state index in [0.29, 0.717) is 12.1 Å². The number of likely N-dealkylation sites (tertiary alicyclic amines) is 1. The van der Waals surface area contributed by atoms with Gasteiger partial charge in [0.05, 0.1) is 0 Å². The number of carbonyl (C=O) groups excluding carboxylic acids is 2. The van der Waals surface area contributed by atoms with Gasteiger partial charge in [-0.2, -0.15) is 0 Å². The highest BCUT2D eigenvalue weighted by atomic mass is 19.1. The van der Waals surface area contributed by atoms with Gasteiger partial charge in [0, 0.05) is 18.1 Å². The van der Waals surface area contributed by atoms with Crippen LogP contribution in [0.15, 0.2) is 30.3 Å². The molecule has 8 heteroatoms. The maximum absolute atomic E-state index is 13.7. The molecule has 0 atom stereocenters. The summed E-state index contributed by atoms with van der Waals surface area (Å²) < 4.78 is 40.4. The van der Waals surface area contributed by atoms with E-state index in [1.807, 2.05) is 20.9 Å². The van der Waals surface area contributed by atoms with Gasteiger partial charge >= 0.3 is 0 Å². The van der Waals surface area contributed by atoms with Gasteiger partial charge in [-0.3, -0.25) is 9.59 Å². The minimum absolute atomic E-state index is 0.0121. The second-order valence-corrected chi connectivity index (χ2v) is 6.55. The van der Waals surface area contributed by atoms with Crippen molar-refractivity contribution >= 4 is 17.5 Å². The normalized spacial score (nSPS) is 14.7. The van der Waals surface area contributed by atoms with Crippen LogP contribution in [0.3, 0.4) is 0 Å². The number of carbonyl (C=O) groups is 2. The van der Waals surface area contributed by atoms with Gasteiger partial charge in [-0.15, -0.1) is 0 Å². The zero-order valence-electron chi connectivity index (χ0n) is 16.6. The number of Topliss-reactive ketones (excluding diaryl/α,β-unsaturated/α-hetero) is 1. The van der Waals surface area contributed by atoms with E-state index in [-0.39, 0.29) is 23.2 Å². The number of piperidine rings is 1. The molecule has 2 aromatic rings. The van der Waals surface area contributed by atoms with Crippen molar-refractivity contribution in [2.45, 2.75) is 26.7 Å². The molecule has 1 aliphatic heterocycles. The monoisotopic (exact) mass is 407 g/mol. The minimum Gasteiger partial charge on any atom is -0.306 e. The van der Waals surface area contributed by atoms with Crippen molar-refractivity contribution in [3.05, 3.63) is 59.0 Å². The average Bonchev–Trinajstić information content (AvgIpc) is 2.69. The van der Waals surface area contributed by atoms with Gasteiger partial charge < -0.3 is 10.2 Å². The van der Waals surface area contributed by atoms with Crippen LogP contribution >= 0.6 is 0 Å². The van der Waals surface area contributed by atoms with E-state index in [2.05, 4.69) is 15.2 Å². The fourth-order valence-corrected chi connectivity index (χ4v) is 3.06. The summed E-state index contributed by atoms with van der Waals surface area (Å²) in [6.07, 6.45) is 1.44. The lowest BCUT2D eigenvalue weighted by atomic mass is 9.91. The number of ketones is 1. The Balaban J connectivity index is 0.00000145. The quantitative estimate of drug-likeness (QED) is 0.768. The first-order valence-corrected chi connectivity index (χ1v) is 9.51. The lowest BCUT2D eigenvalue weighted by Crippen LogP contribution is -2.33. The van der Waals surface area contributed by atoms with E-state index in [4.69, 9.17) is 0 Å². The first-order valence-electron chi connectivity index (χ1n) is 9.51. The van der Waals surface area contributed by atoms with Crippen LogP contribution in [0.25, 0.3) is 0 Å². The van der Waals surface area contributed by atoms with Gasteiger partial charge in [-0.1, -0.05) is 19.9 Å². The van der Waals surface area contributed by atoms with E-state index in [0.717, 1.165) is 25.9 Å². The molecule has 0 spiro atoms. The molecule has 1 aromatic carbocycles. The summed E-state index contributed by atoms with van der Waals surface area (Å²) in [6, 6.07) is 5.32. The third-order valence-corrected chi connectivity index (χ3v) is 4.57. The lowest BCUT2D eigenvalue weighted by Gasteiger charge is -2.27. The Morgan fingerprint density at radius 3 is 2.24 bits per heavy atom. The Bertz CT molecular complexity index is 858. The molecule has 1 amide bonds. The SMILES string of the molecule is CC.CN1CCC(C(=O)c2cccc(NC(=O)c3c(F)cc(F)cc3F)n2)CC1. The number of aromatic nitrogens is 1. The Hall–Kier alpha value is -2.74. The Morgan fingerprint density at radius 1 is 1.07 bits per heavy atom. The fraction of sp³-hybridized carbons (Fsp3) is 0.381. The molecule has 2 heterocycles. The van der Waals surface area contributed by atoms with Gasteiger partial charge in [-0.05, 0) is 45.1 Å². The molecule has 0 unspecified atom stereocenters. The van der Waals surface area contributed by atoms with Crippen LogP contribution in [0.2, 0.25) is 0 Å². The molecule has 0 radical (unpaired) electrons. The largest absolute Gasteiger partial charge is 0.306 e. The van der Waals surface area contributed by atoms with Crippen LogP contribution in [0.4, 0.5) is 19.0 Å². The second kappa shape index (κ2) is 10.2. The first-order chi connectivity index (χ1) is 13.8. The number of amides is 1. The molecular weight excluding hydrogens is 383 g/mol. The van der Waals surface area contributed by atoms with Crippen molar-refractivity contribution in [2.24, 2.45) is 5.92 Å². The first kappa shape index (κ1) is 22.5. The molecule has 1 fully saturated rings. The second-order valence-electron chi connectivity index (χ2n) is 6.55. The van der Waals surface area contributed by atoms with Crippen LogP contribution in [0.1, 0.15) is 47.5 Å². The molecule has 156 valence electrons.